The van der Waals surface area contributed by atoms with Crippen molar-refractivity contribution in [3.8, 4) is 33.4 Å². The summed E-state index contributed by atoms with van der Waals surface area (Å²) in [7, 11) is 0. The molecule has 0 heterocycles. The van der Waals surface area contributed by atoms with Gasteiger partial charge in [-0.2, -0.15) is 0 Å². The standard InChI is InChI=1S/C28H22N2/c29-27-22(20-9-2-1-3-10-20)17-18-26(28(27)30)25-15-7-6-14-24(25)23-16-8-12-19-11-4-5-13-21(19)23/h1-18H,29-30H2. The second kappa shape index (κ2) is 7.41. The molecule has 0 aliphatic heterocycles. The van der Waals surface area contributed by atoms with Gasteiger partial charge in [-0.05, 0) is 33.0 Å². The summed E-state index contributed by atoms with van der Waals surface area (Å²) in [6, 6.07) is 37.5. The van der Waals surface area contributed by atoms with Gasteiger partial charge in [-0.25, -0.2) is 0 Å². The number of fused-ring (bicyclic) bond motifs is 1. The van der Waals surface area contributed by atoms with Crippen LogP contribution in [0, 0.1) is 0 Å². The van der Waals surface area contributed by atoms with E-state index in [0.717, 1.165) is 27.8 Å². The van der Waals surface area contributed by atoms with Crippen LogP contribution in [0.4, 0.5) is 11.4 Å². The highest BCUT2D eigenvalue weighted by atomic mass is 14.7. The Balaban J connectivity index is 1.71. The summed E-state index contributed by atoms with van der Waals surface area (Å²) >= 11 is 0. The van der Waals surface area contributed by atoms with Crippen molar-refractivity contribution in [1.29, 1.82) is 0 Å². The highest BCUT2D eigenvalue weighted by molar-refractivity contribution is 6.03. The largest absolute Gasteiger partial charge is 0.397 e. The lowest BCUT2D eigenvalue weighted by Crippen LogP contribution is -2.00. The molecule has 0 bridgehead atoms. The zero-order valence-corrected chi connectivity index (χ0v) is 16.5. The maximum atomic E-state index is 6.59. The quantitative estimate of drug-likeness (QED) is 0.328. The molecule has 0 amide bonds. The fourth-order valence-corrected chi connectivity index (χ4v) is 4.15. The van der Waals surface area contributed by atoms with E-state index in [1.54, 1.807) is 0 Å². The van der Waals surface area contributed by atoms with Crippen LogP contribution in [-0.2, 0) is 0 Å². The molecular weight excluding hydrogens is 364 g/mol. The molecule has 0 saturated carbocycles. The third-order valence-electron chi connectivity index (χ3n) is 5.67. The van der Waals surface area contributed by atoms with Gasteiger partial charge in [0.2, 0.25) is 0 Å². The minimum absolute atomic E-state index is 0.615. The first-order valence-corrected chi connectivity index (χ1v) is 10.0. The summed E-state index contributed by atoms with van der Waals surface area (Å²) in [4.78, 5) is 0. The number of benzene rings is 5. The van der Waals surface area contributed by atoms with Crippen molar-refractivity contribution in [3.05, 3.63) is 109 Å². The Kier molecular flexibility index (Phi) is 4.45. The topological polar surface area (TPSA) is 52.0 Å². The highest BCUT2D eigenvalue weighted by Gasteiger charge is 2.15. The van der Waals surface area contributed by atoms with E-state index in [4.69, 9.17) is 11.5 Å². The van der Waals surface area contributed by atoms with Crippen molar-refractivity contribution in [2.75, 3.05) is 11.5 Å². The van der Waals surface area contributed by atoms with Crippen molar-refractivity contribution in [2.45, 2.75) is 0 Å². The molecule has 4 N–H and O–H groups in total. The number of hydrogen-bond acceptors (Lipinski definition) is 2. The van der Waals surface area contributed by atoms with Crippen molar-refractivity contribution < 1.29 is 0 Å². The van der Waals surface area contributed by atoms with Crippen LogP contribution in [0.3, 0.4) is 0 Å². The average molecular weight is 386 g/mol. The molecule has 0 aliphatic rings. The van der Waals surface area contributed by atoms with Crippen molar-refractivity contribution >= 4 is 22.1 Å². The van der Waals surface area contributed by atoms with E-state index in [-0.39, 0.29) is 0 Å². The van der Waals surface area contributed by atoms with Crippen LogP contribution >= 0.6 is 0 Å². The Bertz CT molecular complexity index is 1350. The molecule has 2 nitrogen and oxygen atoms in total. The maximum Gasteiger partial charge on any atom is 0.0634 e. The first-order valence-electron chi connectivity index (χ1n) is 10.0. The first-order chi connectivity index (χ1) is 14.7. The molecule has 30 heavy (non-hydrogen) atoms. The van der Waals surface area contributed by atoms with E-state index in [1.165, 1.54) is 16.3 Å². The van der Waals surface area contributed by atoms with Gasteiger partial charge in [0.1, 0.15) is 0 Å². The van der Waals surface area contributed by atoms with E-state index in [2.05, 4.69) is 84.9 Å². The Morgan fingerprint density at radius 3 is 1.70 bits per heavy atom. The van der Waals surface area contributed by atoms with Crippen LogP contribution in [0.25, 0.3) is 44.2 Å². The fourth-order valence-electron chi connectivity index (χ4n) is 4.15. The van der Waals surface area contributed by atoms with Crippen molar-refractivity contribution in [2.24, 2.45) is 0 Å². The van der Waals surface area contributed by atoms with Gasteiger partial charge in [0.25, 0.3) is 0 Å². The van der Waals surface area contributed by atoms with Gasteiger partial charge in [0, 0.05) is 11.1 Å². The lowest BCUT2D eigenvalue weighted by atomic mass is 9.89. The molecule has 0 atom stereocenters. The molecule has 5 aromatic rings. The monoisotopic (exact) mass is 386 g/mol. The molecule has 0 spiro atoms. The Hall–Kier alpha value is -4.04. The van der Waals surface area contributed by atoms with Gasteiger partial charge < -0.3 is 11.5 Å². The minimum atomic E-state index is 0.615. The predicted molar refractivity (Wildman–Crippen MR) is 129 cm³/mol. The van der Waals surface area contributed by atoms with Crippen LogP contribution in [0.2, 0.25) is 0 Å². The Labute approximate surface area is 176 Å². The molecule has 2 heteroatoms. The van der Waals surface area contributed by atoms with Crippen LogP contribution in [0.5, 0.6) is 0 Å². The summed E-state index contributed by atoms with van der Waals surface area (Å²) in [6.45, 7) is 0. The average Bonchev–Trinajstić information content (AvgIpc) is 2.81. The maximum absolute atomic E-state index is 6.59. The van der Waals surface area contributed by atoms with E-state index >= 15 is 0 Å². The molecule has 0 aliphatic carbocycles. The summed E-state index contributed by atoms with van der Waals surface area (Å²) in [6.07, 6.45) is 0. The summed E-state index contributed by atoms with van der Waals surface area (Å²) in [5.74, 6) is 0. The summed E-state index contributed by atoms with van der Waals surface area (Å²) in [5.41, 5.74) is 20.7. The van der Waals surface area contributed by atoms with E-state index in [9.17, 15) is 0 Å². The first kappa shape index (κ1) is 18.0. The smallest absolute Gasteiger partial charge is 0.0634 e. The summed E-state index contributed by atoms with van der Waals surface area (Å²) < 4.78 is 0. The van der Waals surface area contributed by atoms with Gasteiger partial charge in [-0.1, -0.05) is 109 Å². The van der Waals surface area contributed by atoms with Crippen molar-refractivity contribution in [1.82, 2.24) is 0 Å². The zero-order valence-electron chi connectivity index (χ0n) is 16.5. The Morgan fingerprint density at radius 2 is 0.900 bits per heavy atom. The van der Waals surface area contributed by atoms with E-state index < -0.39 is 0 Å². The van der Waals surface area contributed by atoms with Gasteiger partial charge in [-0.3, -0.25) is 0 Å². The second-order valence-corrected chi connectivity index (χ2v) is 7.43. The van der Waals surface area contributed by atoms with Crippen LogP contribution in [0.15, 0.2) is 109 Å². The van der Waals surface area contributed by atoms with Gasteiger partial charge in [0.15, 0.2) is 0 Å². The van der Waals surface area contributed by atoms with E-state index in [1.807, 2.05) is 24.3 Å². The molecule has 0 saturated heterocycles. The van der Waals surface area contributed by atoms with Crippen LogP contribution in [0.1, 0.15) is 0 Å². The SMILES string of the molecule is Nc1c(-c2ccccc2)ccc(-c2ccccc2-c2cccc3ccccc23)c1N. The molecule has 5 rings (SSSR count). The third-order valence-corrected chi connectivity index (χ3v) is 5.67. The number of nitrogens with two attached hydrogens (primary N) is 2. The van der Waals surface area contributed by atoms with Gasteiger partial charge >= 0.3 is 0 Å². The lowest BCUT2D eigenvalue weighted by molar-refractivity contribution is 1.57. The molecule has 0 aromatic heterocycles. The molecule has 0 radical (unpaired) electrons. The number of rotatable bonds is 3. The van der Waals surface area contributed by atoms with Gasteiger partial charge in [-0.15, -0.1) is 0 Å². The number of hydrogen-bond donors (Lipinski definition) is 2. The van der Waals surface area contributed by atoms with Gasteiger partial charge in [0.05, 0.1) is 11.4 Å². The Morgan fingerprint density at radius 1 is 0.367 bits per heavy atom. The second-order valence-electron chi connectivity index (χ2n) is 7.43. The highest BCUT2D eigenvalue weighted by Crippen LogP contribution is 2.42. The predicted octanol–water partition coefficient (Wildman–Crippen LogP) is 7.01. The molecular formula is C28H22N2. The zero-order chi connectivity index (χ0) is 20.5. The van der Waals surface area contributed by atoms with Crippen molar-refractivity contribution in [3.63, 3.8) is 0 Å². The molecule has 0 fully saturated rings. The van der Waals surface area contributed by atoms with Crippen LogP contribution < -0.4 is 11.5 Å². The molecule has 144 valence electrons. The number of anilines is 2. The normalized spacial score (nSPS) is 10.9. The van der Waals surface area contributed by atoms with E-state index in [0.29, 0.717) is 11.4 Å². The fraction of sp³-hybridized carbons (Fsp3) is 0. The number of nitrogen functional groups attached to an aromatic ring is 2. The molecule has 5 aromatic carbocycles. The molecule has 0 unspecified atom stereocenters. The van der Waals surface area contributed by atoms with Crippen LogP contribution in [-0.4, -0.2) is 0 Å². The minimum Gasteiger partial charge on any atom is -0.397 e. The lowest BCUT2D eigenvalue weighted by Gasteiger charge is -2.17. The third kappa shape index (κ3) is 2.99. The summed E-state index contributed by atoms with van der Waals surface area (Å²) in [5, 5.41) is 2.44.